The number of aromatic nitrogens is 3. The summed E-state index contributed by atoms with van der Waals surface area (Å²) in [6, 6.07) is 13.7. The molecule has 1 aromatic carbocycles. The number of benzene rings is 1. The van der Waals surface area contributed by atoms with Crippen molar-refractivity contribution in [3.63, 3.8) is 0 Å². The maximum absolute atomic E-state index is 13.4. The van der Waals surface area contributed by atoms with Crippen LogP contribution in [0, 0.1) is 0 Å². The highest BCUT2D eigenvalue weighted by Gasteiger charge is 2.29. The number of anilines is 1. The number of esters is 1. The van der Waals surface area contributed by atoms with Gasteiger partial charge in [-0.1, -0.05) is 48.2 Å². The molecule has 0 aliphatic heterocycles. The van der Waals surface area contributed by atoms with Crippen LogP contribution in [0.25, 0.3) is 0 Å². The summed E-state index contributed by atoms with van der Waals surface area (Å²) in [5, 5.41) is 17.2. The Balaban J connectivity index is 1.32. The maximum Gasteiger partial charge on any atom is 0.341 e. The number of nitrogens with one attached hydrogen (secondary N) is 2. The third-order valence-corrected chi connectivity index (χ3v) is 10.1. The van der Waals surface area contributed by atoms with Gasteiger partial charge in [-0.15, -0.1) is 32.9 Å². The van der Waals surface area contributed by atoms with Crippen LogP contribution in [0.1, 0.15) is 68.5 Å². The lowest BCUT2D eigenvalue weighted by molar-refractivity contribution is -0.115. The third-order valence-electron chi connectivity index (χ3n) is 6.95. The smallest absolute Gasteiger partial charge is 0.341 e. The Morgan fingerprint density at radius 3 is 2.67 bits per heavy atom. The molecule has 0 spiro atoms. The topological polar surface area (TPSA) is 115 Å². The molecule has 3 aromatic heterocycles. The van der Waals surface area contributed by atoms with E-state index in [2.05, 4.69) is 33.0 Å². The Kier molecular flexibility index (Phi) is 10.1. The zero-order valence-electron chi connectivity index (χ0n) is 23.6. The minimum atomic E-state index is -0.521. The molecule has 12 heteroatoms. The Labute approximate surface area is 257 Å². The van der Waals surface area contributed by atoms with E-state index in [9.17, 15) is 14.4 Å². The van der Waals surface area contributed by atoms with Crippen LogP contribution < -0.4 is 10.6 Å². The summed E-state index contributed by atoms with van der Waals surface area (Å²) in [7, 11) is 0. The van der Waals surface area contributed by atoms with Gasteiger partial charge in [0.05, 0.1) is 28.8 Å². The highest BCUT2D eigenvalue weighted by atomic mass is 32.2. The number of carbonyl (C=O) groups is 3. The van der Waals surface area contributed by atoms with Crippen LogP contribution in [0.3, 0.4) is 0 Å². The number of hydrogen-bond acceptors (Lipinski definition) is 9. The molecule has 0 saturated heterocycles. The van der Waals surface area contributed by atoms with E-state index in [1.807, 2.05) is 41.1 Å². The van der Waals surface area contributed by atoms with Crippen LogP contribution in [0.2, 0.25) is 0 Å². The number of thiophene rings is 2. The Morgan fingerprint density at radius 1 is 1.10 bits per heavy atom. The van der Waals surface area contributed by atoms with E-state index in [-0.39, 0.29) is 30.9 Å². The molecule has 0 fully saturated rings. The molecule has 0 saturated carbocycles. The van der Waals surface area contributed by atoms with Gasteiger partial charge in [-0.2, -0.15) is 0 Å². The maximum atomic E-state index is 13.4. The first kappa shape index (κ1) is 30.0. The van der Waals surface area contributed by atoms with Crippen molar-refractivity contribution in [1.29, 1.82) is 0 Å². The van der Waals surface area contributed by atoms with Crippen molar-refractivity contribution in [3.8, 4) is 0 Å². The molecule has 1 aliphatic rings. The van der Waals surface area contributed by atoms with Crippen molar-refractivity contribution in [3.05, 3.63) is 80.1 Å². The number of thioether (sulfide) groups is 1. The van der Waals surface area contributed by atoms with Gasteiger partial charge in [-0.25, -0.2) is 4.79 Å². The van der Waals surface area contributed by atoms with Crippen molar-refractivity contribution >= 4 is 57.2 Å². The number of aryl methyl sites for hydroxylation is 2. The number of ether oxygens (including phenoxy) is 1. The van der Waals surface area contributed by atoms with E-state index in [4.69, 9.17) is 4.74 Å². The molecular formula is C30H33N5O4S3. The molecule has 220 valence electrons. The van der Waals surface area contributed by atoms with E-state index in [0.717, 1.165) is 48.1 Å². The van der Waals surface area contributed by atoms with Crippen LogP contribution in [0.15, 0.2) is 53.0 Å². The summed E-state index contributed by atoms with van der Waals surface area (Å²) >= 11 is 4.15. The monoisotopic (exact) mass is 623 g/mol. The minimum Gasteiger partial charge on any atom is -0.462 e. The van der Waals surface area contributed by atoms with Crippen molar-refractivity contribution in [1.82, 2.24) is 20.1 Å². The highest BCUT2D eigenvalue weighted by Crippen LogP contribution is 2.39. The summed E-state index contributed by atoms with van der Waals surface area (Å²) in [6.07, 6.45) is 4.55. The summed E-state index contributed by atoms with van der Waals surface area (Å²) in [5.74, 6) is -0.168. The molecule has 42 heavy (non-hydrogen) atoms. The minimum absolute atomic E-state index is 0.166. The first-order valence-electron chi connectivity index (χ1n) is 14.0. The van der Waals surface area contributed by atoms with Crippen molar-refractivity contribution in [2.75, 3.05) is 11.9 Å². The zero-order chi connectivity index (χ0) is 29.5. The van der Waals surface area contributed by atoms with E-state index in [1.54, 1.807) is 13.0 Å². The Morgan fingerprint density at radius 2 is 1.90 bits per heavy atom. The van der Waals surface area contributed by atoms with Crippen LogP contribution in [-0.4, -0.2) is 44.4 Å². The number of hydrogen-bond donors (Lipinski definition) is 2. The van der Waals surface area contributed by atoms with Gasteiger partial charge in [-0.05, 0) is 68.5 Å². The largest absolute Gasteiger partial charge is 0.462 e. The standard InChI is InChI=1S/C30H33N5O4S3/c1-3-39-29(38)25-21-12-7-8-13-22(21)42-28(25)32-26(36)19(2)41-30-34-33-24(18-31-27(37)23-14-9-17-40-23)35(30)16-15-20-10-5-4-6-11-20/h4-6,9-11,14,17,19H,3,7-8,12-13,15-16,18H2,1-2H3,(H,31,37)(H,32,36)/t19-/m0/s1. The van der Waals surface area contributed by atoms with E-state index >= 15 is 0 Å². The van der Waals surface area contributed by atoms with Gasteiger partial charge in [0.2, 0.25) is 5.91 Å². The summed E-state index contributed by atoms with van der Waals surface area (Å²) in [4.78, 5) is 40.6. The van der Waals surface area contributed by atoms with Crippen molar-refractivity contribution < 1.29 is 19.1 Å². The number of carbonyl (C=O) groups excluding carboxylic acids is 3. The molecule has 0 radical (unpaired) electrons. The van der Waals surface area contributed by atoms with Gasteiger partial charge < -0.3 is 19.9 Å². The van der Waals surface area contributed by atoms with Crippen LogP contribution in [0.5, 0.6) is 0 Å². The van der Waals surface area contributed by atoms with Crippen LogP contribution in [-0.2, 0) is 41.9 Å². The first-order valence-corrected chi connectivity index (χ1v) is 16.6. The quantitative estimate of drug-likeness (QED) is 0.153. The molecule has 0 unspecified atom stereocenters. The Bertz CT molecular complexity index is 1530. The fourth-order valence-corrected chi connectivity index (χ4v) is 7.61. The summed E-state index contributed by atoms with van der Waals surface area (Å²) in [6.45, 7) is 4.67. The van der Waals surface area contributed by atoms with Crippen LogP contribution in [0.4, 0.5) is 5.00 Å². The third kappa shape index (κ3) is 7.11. The van der Waals surface area contributed by atoms with Crippen molar-refractivity contribution in [2.24, 2.45) is 0 Å². The van der Waals surface area contributed by atoms with Gasteiger partial charge in [0, 0.05) is 11.4 Å². The second kappa shape index (κ2) is 14.1. The first-order chi connectivity index (χ1) is 20.4. The van der Waals surface area contributed by atoms with Gasteiger partial charge >= 0.3 is 5.97 Å². The number of fused-ring (bicyclic) bond motifs is 1. The predicted octanol–water partition coefficient (Wildman–Crippen LogP) is 5.75. The molecule has 9 nitrogen and oxygen atoms in total. The molecule has 1 aliphatic carbocycles. The average Bonchev–Trinajstić information content (AvgIpc) is 3.74. The second-order valence-corrected chi connectivity index (χ2v) is 13.2. The predicted molar refractivity (Wildman–Crippen MR) is 167 cm³/mol. The lowest BCUT2D eigenvalue weighted by Gasteiger charge is -2.15. The SMILES string of the molecule is CCOC(=O)c1c(NC(=O)[C@H](C)Sc2nnc(CNC(=O)c3cccs3)n2CCc2ccccc2)sc2c1CCCC2. The Hall–Kier alpha value is -3.48. The molecule has 3 heterocycles. The van der Waals surface area contributed by atoms with Crippen LogP contribution >= 0.6 is 34.4 Å². The normalized spacial score (nSPS) is 13.3. The van der Waals surface area contributed by atoms with Crippen molar-refractivity contribution in [2.45, 2.75) is 69.4 Å². The molecular weight excluding hydrogens is 591 g/mol. The van der Waals surface area contributed by atoms with E-state index < -0.39 is 5.25 Å². The molecule has 1 atom stereocenters. The second-order valence-electron chi connectivity index (χ2n) is 9.83. The number of rotatable bonds is 12. The van der Waals surface area contributed by atoms with Gasteiger partial charge in [0.1, 0.15) is 5.00 Å². The van der Waals surface area contributed by atoms with Gasteiger partial charge in [0.25, 0.3) is 5.91 Å². The fraction of sp³-hybridized carbons (Fsp3) is 0.367. The lowest BCUT2D eigenvalue weighted by Crippen LogP contribution is -2.25. The molecule has 2 amide bonds. The van der Waals surface area contributed by atoms with E-state index in [1.165, 1.54) is 34.4 Å². The van der Waals surface area contributed by atoms with E-state index in [0.29, 0.717) is 33.0 Å². The lowest BCUT2D eigenvalue weighted by atomic mass is 9.95. The number of amides is 2. The zero-order valence-corrected chi connectivity index (χ0v) is 26.0. The highest BCUT2D eigenvalue weighted by molar-refractivity contribution is 8.00. The molecule has 4 aromatic rings. The molecule has 0 bridgehead atoms. The molecule has 5 rings (SSSR count). The fourth-order valence-electron chi connectivity index (χ4n) is 4.80. The summed E-state index contributed by atoms with van der Waals surface area (Å²) < 4.78 is 7.30. The van der Waals surface area contributed by atoms with Gasteiger partial charge in [0.15, 0.2) is 11.0 Å². The number of nitrogens with zero attached hydrogens (tertiary/aromatic N) is 3. The molecule has 2 N–H and O–H groups in total. The summed E-state index contributed by atoms with van der Waals surface area (Å²) in [5.41, 5.74) is 2.67. The van der Waals surface area contributed by atoms with Gasteiger partial charge in [-0.3, -0.25) is 9.59 Å². The average molecular weight is 624 g/mol.